The number of carbonyl (C=O) groups excluding carboxylic acids is 1. The normalized spacial score (nSPS) is 50.2. The summed E-state index contributed by atoms with van der Waals surface area (Å²) < 4.78 is 22.7. The summed E-state index contributed by atoms with van der Waals surface area (Å²) in [5.74, 6) is -3.35. The predicted molar refractivity (Wildman–Crippen MR) is 159 cm³/mol. The van der Waals surface area contributed by atoms with E-state index >= 15 is 0 Å². The minimum atomic E-state index is -1.83. The van der Waals surface area contributed by atoms with E-state index in [9.17, 15) is 25.2 Å². The molecule has 0 aromatic heterocycles. The number of ether oxygens (including phenoxy) is 4. The van der Waals surface area contributed by atoms with Crippen LogP contribution in [0.2, 0.25) is 0 Å². The van der Waals surface area contributed by atoms with Crippen molar-refractivity contribution >= 4 is 34.3 Å². The van der Waals surface area contributed by atoms with E-state index in [2.05, 4.69) is 0 Å². The fraction of sp³-hybridized carbons (Fsp3) is 0.931. The maximum Gasteiger partial charge on any atom is 0.311 e. The van der Waals surface area contributed by atoms with Crippen molar-refractivity contribution in [2.45, 2.75) is 133 Å². The van der Waals surface area contributed by atoms with Crippen LogP contribution in [-0.4, -0.2) is 90.8 Å². The van der Waals surface area contributed by atoms with Gasteiger partial charge in [0.1, 0.15) is 21.4 Å². The van der Waals surface area contributed by atoms with E-state index in [0.717, 1.165) is 0 Å². The molecule has 2 saturated heterocycles. The zero-order valence-corrected chi connectivity index (χ0v) is 27.8. The van der Waals surface area contributed by atoms with E-state index in [1.807, 2.05) is 43.4 Å². The number of cyclic esters (lactones) is 1. The number of aliphatic hydroxyl groups is 4. The summed E-state index contributed by atoms with van der Waals surface area (Å²) in [7, 11) is 1.52. The van der Waals surface area contributed by atoms with Crippen LogP contribution in [0.4, 0.5) is 0 Å². The smallest absolute Gasteiger partial charge is 0.311 e. The molecule has 2 fully saturated rings. The van der Waals surface area contributed by atoms with Gasteiger partial charge in [0, 0.05) is 25.2 Å². The first-order chi connectivity index (χ1) is 18.2. The summed E-state index contributed by atoms with van der Waals surface area (Å²) >= 11 is 2.00. The summed E-state index contributed by atoms with van der Waals surface area (Å²) in [6.07, 6.45) is -4.76. The largest absolute Gasteiger partial charge is 0.459 e. The second kappa shape index (κ2) is 13.5. The van der Waals surface area contributed by atoms with Crippen LogP contribution in [-0.2, 0) is 23.7 Å². The molecule has 0 bridgehead atoms. The third-order valence-electron chi connectivity index (χ3n) is 9.62. The first kappa shape index (κ1) is 35.8. The van der Waals surface area contributed by atoms with Crippen molar-refractivity contribution in [3.8, 4) is 0 Å². The number of hydrogen-bond donors (Lipinski definition) is 5. The van der Waals surface area contributed by atoms with Gasteiger partial charge in [-0.1, -0.05) is 34.6 Å². The number of methoxy groups -OCH3 is 1. The molecule has 14 atom stereocenters. The van der Waals surface area contributed by atoms with Crippen molar-refractivity contribution in [3.05, 3.63) is 0 Å². The molecule has 2 aliphatic heterocycles. The highest BCUT2D eigenvalue weighted by Crippen LogP contribution is 2.43. The molecule has 5 N–H and O–H groups in total. The lowest BCUT2D eigenvalue weighted by atomic mass is 9.75. The molecule has 0 aromatic carbocycles. The summed E-state index contributed by atoms with van der Waals surface area (Å²) in [5.41, 5.74) is -2.56. The van der Waals surface area contributed by atoms with Crippen molar-refractivity contribution in [1.29, 1.82) is 5.41 Å². The van der Waals surface area contributed by atoms with Gasteiger partial charge in [-0.05, 0) is 80.9 Å². The molecular weight excluding hydrogens is 633 g/mol. The number of hydrogen-bond acceptors (Lipinski definition) is 10. The van der Waals surface area contributed by atoms with E-state index in [-0.39, 0.29) is 30.9 Å². The third-order valence-corrected chi connectivity index (χ3v) is 11.0. The van der Waals surface area contributed by atoms with Gasteiger partial charge in [0.25, 0.3) is 0 Å². The topological polar surface area (TPSA) is 159 Å². The third kappa shape index (κ3) is 7.38. The van der Waals surface area contributed by atoms with Crippen LogP contribution in [0.15, 0.2) is 0 Å². The monoisotopic (exact) mass is 685 g/mol. The number of carbonyl (C=O) groups is 1. The van der Waals surface area contributed by atoms with Gasteiger partial charge in [-0.2, -0.15) is 0 Å². The quantitative estimate of drug-likeness (QED) is 0.170. The molecule has 0 spiro atoms. The van der Waals surface area contributed by atoms with E-state index in [0.29, 0.717) is 0 Å². The molecule has 0 radical (unpaired) electrons. The SMILES string of the molecule is CC[C@H]1OC(=O)[C@H](C)[C@@H](O[C@H]2C[C@@](C)(OC)[C@@H](O)[C@H](C)O2)[C@H](C)[C@@H](C)[C@@](O)(I)C[C@@H](C)C(=N)[C@H](C)[C@@H](O)[C@]1(C)O. The summed E-state index contributed by atoms with van der Waals surface area (Å²) in [6.45, 7) is 15.7. The molecule has 2 heterocycles. The van der Waals surface area contributed by atoms with Crippen molar-refractivity contribution in [3.63, 3.8) is 0 Å². The average molecular weight is 686 g/mol. The Kier molecular flexibility index (Phi) is 12.1. The van der Waals surface area contributed by atoms with Gasteiger partial charge in [-0.15, -0.1) is 0 Å². The Labute approximate surface area is 253 Å². The van der Waals surface area contributed by atoms with Crippen LogP contribution in [0.5, 0.6) is 0 Å². The van der Waals surface area contributed by atoms with Crippen LogP contribution in [0, 0.1) is 35.0 Å². The van der Waals surface area contributed by atoms with Gasteiger partial charge in [-0.3, -0.25) is 4.79 Å². The Morgan fingerprint density at radius 1 is 1.02 bits per heavy atom. The molecule has 0 aliphatic carbocycles. The van der Waals surface area contributed by atoms with E-state index in [4.69, 9.17) is 24.4 Å². The number of halogens is 1. The van der Waals surface area contributed by atoms with E-state index in [1.54, 1.807) is 34.6 Å². The number of esters is 1. The van der Waals surface area contributed by atoms with Crippen molar-refractivity contribution in [2.75, 3.05) is 7.11 Å². The minimum Gasteiger partial charge on any atom is -0.459 e. The molecule has 10 nitrogen and oxygen atoms in total. The van der Waals surface area contributed by atoms with Crippen LogP contribution < -0.4 is 0 Å². The molecule has 40 heavy (non-hydrogen) atoms. The van der Waals surface area contributed by atoms with Crippen molar-refractivity contribution in [1.82, 2.24) is 0 Å². The summed E-state index contributed by atoms with van der Waals surface area (Å²) in [4.78, 5) is 13.6. The van der Waals surface area contributed by atoms with E-state index in [1.165, 1.54) is 14.0 Å². The van der Waals surface area contributed by atoms with Crippen molar-refractivity contribution in [2.24, 2.45) is 29.6 Å². The Bertz CT molecular complexity index is 886. The first-order valence-electron chi connectivity index (χ1n) is 14.4. The number of rotatable bonds is 4. The molecule has 234 valence electrons. The lowest BCUT2D eigenvalue weighted by Crippen LogP contribution is -2.58. The van der Waals surface area contributed by atoms with Gasteiger partial charge in [0.15, 0.2) is 6.29 Å². The standard InChI is InChI=1S/C29H52INO9/c1-11-20-28(9,35)24(32)16(4)22(31)14(2)12-29(30,36)18(6)15(3)23(17(5)26(34)39-20)40-21-13-27(8,37-10)25(33)19(7)38-21/h14-21,23-25,31-33,35-36H,11-13H2,1-10H3/t14-,15-,16+,17-,18-,19+,20-,21+,23+,24-,25+,27-,28-,29-/m1/s1. The predicted octanol–water partition coefficient (Wildman–Crippen LogP) is 3.43. The van der Waals surface area contributed by atoms with Crippen LogP contribution >= 0.6 is 22.6 Å². The second-order valence-electron chi connectivity index (χ2n) is 12.6. The Morgan fingerprint density at radius 2 is 1.60 bits per heavy atom. The molecule has 0 aromatic rings. The zero-order chi connectivity index (χ0) is 31.0. The highest BCUT2D eigenvalue weighted by Gasteiger charge is 2.50. The Hall–Kier alpha value is -0.410. The number of nitrogens with one attached hydrogen (secondary N) is 1. The summed E-state index contributed by atoms with van der Waals surface area (Å²) in [5, 5.41) is 53.6. The van der Waals surface area contributed by atoms with Crippen molar-refractivity contribution < 1.29 is 44.2 Å². The highest BCUT2D eigenvalue weighted by atomic mass is 127. The Morgan fingerprint density at radius 3 is 2.12 bits per heavy atom. The lowest BCUT2D eigenvalue weighted by molar-refractivity contribution is -0.297. The van der Waals surface area contributed by atoms with Crippen LogP contribution in [0.25, 0.3) is 0 Å². The molecule has 2 rings (SSSR count). The van der Waals surface area contributed by atoms with Gasteiger partial charge in [0.2, 0.25) is 0 Å². The first-order valence-corrected chi connectivity index (χ1v) is 15.5. The summed E-state index contributed by atoms with van der Waals surface area (Å²) in [6, 6.07) is 0. The average Bonchev–Trinajstić information content (AvgIpc) is 2.89. The van der Waals surface area contributed by atoms with Crippen LogP contribution in [0.1, 0.15) is 81.6 Å². The minimum absolute atomic E-state index is 0.198. The maximum absolute atomic E-state index is 13.6. The fourth-order valence-corrected chi connectivity index (χ4v) is 7.42. The van der Waals surface area contributed by atoms with Gasteiger partial charge < -0.3 is 44.8 Å². The Balaban J connectivity index is 2.55. The fourth-order valence-electron chi connectivity index (χ4n) is 6.19. The van der Waals surface area contributed by atoms with Crippen LogP contribution in [0.3, 0.4) is 0 Å². The molecular formula is C29H52INO9. The van der Waals surface area contributed by atoms with Gasteiger partial charge in [-0.25, -0.2) is 0 Å². The maximum atomic E-state index is 13.6. The number of aliphatic hydroxyl groups excluding tert-OH is 2. The molecule has 0 saturated carbocycles. The molecule has 0 unspecified atom stereocenters. The molecule has 2 aliphatic rings. The van der Waals surface area contributed by atoms with Gasteiger partial charge >= 0.3 is 5.97 Å². The van der Waals surface area contributed by atoms with E-state index < -0.39 is 81.3 Å². The number of alkyl halides is 1. The molecule has 0 amide bonds. The highest BCUT2D eigenvalue weighted by molar-refractivity contribution is 14.1. The van der Waals surface area contributed by atoms with Gasteiger partial charge in [0.05, 0.1) is 29.8 Å². The molecule has 11 heteroatoms. The lowest BCUT2D eigenvalue weighted by Gasteiger charge is -2.47. The second-order valence-corrected chi connectivity index (χ2v) is 14.5. The zero-order valence-electron chi connectivity index (χ0n) is 25.7.